The minimum atomic E-state index is -0.652. The molecule has 3 aromatic heterocycles. The molecule has 0 spiro atoms. The molecule has 0 aliphatic carbocycles. The summed E-state index contributed by atoms with van der Waals surface area (Å²) in [6.45, 7) is 0.253. The Morgan fingerprint density at radius 2 is 1.97 bits per heavy atom. The Morgan fingerprint density at radius 3 is 2.70 bits per heavy atom. The van der Waals surface area contributed by atoms with Gasteiger partial charge in [0.05, 0.1) is 10.6 Å². The molecule has 10 nitrogen and oxygen atoms in total. The number of H-pyrrole nitrogens is 1. The molecule has 0 saturated heterocycles. The van der Waals surface area contributed by atoms with E-state index in [2.05, 4.69) is 36.2 Å². The molecule has 5 rings (SSSR count). The maximum Gasteiger partial charge on any atom is 0.294 e. The van der Waals surface area contributed by atoms with Gasteiger partial charge in [-0.05, 0) is 61.0 Å². The first-order valence-corrected chi connectivity index (χ1v) is 12.1. The number of carbonyl (C=O) groups excluding carboxylic acids is 2. The molecule has 186 valence electrons. The highest BCUT2D eigenvalue weighted by atomic mass is 79.9. The second-order valence-corrected chi connectivity index (χ2v) is 9.44. The van der Waals surface area contributed by atoms with Crippen LogP contribution in [0.1, 0.15) is 26.4 Å². The van der Waals surface area contributed by atoms with Crippen LogP contribution >= 0.6 is 27.5 Å². The second kappa shape index (κ2) is 9.77. The highest BCUT2D eigenvalue weighted by Gasteiger charge is 2.18. The van der Waals surface area contributed by atoms with Crippen LogP contribution in [-0.2, 0) is 6.42 Å². The summed E-state index contributed by atoms with van der Waals surface area (Å²) in [4.78, 5) is 48.5. The normalized spacial score (nSPS) is 11.2. The zero-order chi connectivity index (χ0) is 26.3. The van der Waals surface area contributed by atoms with Crippen LogP contribution in [-0.4, -0.2) is 33.3 Å². The van der Waals surface area contributed by atoms with E-state index in [-0.39, 0.29) is 34.2 Å². The summed E-state index contributed by atoms with van der Waals surface area (Å²) >= 11 is 9.94. The summed E-state index contributed by atoms with van der Waals surface area (Å²) < 4.78 is 6.48. The maximum atomic E-state index is 12.9. The van der Waals surface area contributed by atoms with Gasteiger partial charge in [0.1, 0.15) is 22.6 Å². The van der Waals surface area contributed by atoms with Crippen LogP contribution in [0.5, 0.6) is 0 Å². The topological polar surface area (TPSA) is 170 Å². The maximum absolute atomic E-state index is 12.9. The van der Waals surface area contributed by atoms with E-state index in [1.807, 2.05) is 12.1 Å². The third-order valence-electron chi connectivity index (χ3n) is 5.65. The Bertz CT molecular complexity index is 1780. The van der Waals surface area contributed by atoms with E-state index in [0.717, 1.165) is 4.47 Å². The molecule has 37 heavy (non-hydrogen) atoms. The molecule has 3 heterocycles. The van der Waals surface area contributed by atoms with Crippen molar-refractivity contribution >= 4 is 67.1 Å². The van der Waals surface area contributed by atoms with E-state index in [0.29, 0.717) is 39.7 Å². The zero-order valence-electron chi connectivity index (χ0n) is 19.0. The first-order valence-electron chi connectivity index (χ1n) is 11.0. The minimum Gasteiger partial charge on any atom is -0.449 e. The summed E-state index contributed by atoms with van der Waals surface area (Å²) in [5, 5.41) is 3.66. The van der Waals surface area contributed by atoms with Crippen LogP contribution in [0.2, 0.25) is 5.02 Å². The number of nitrogens with two attached hydrogens (primary N) is 2. The van der Waals surface area contributed by atoms with E-state index in [4.69, 9.17) is 27.5 Å². The van der Waals surface area contributed by atoms with Gasteiger partial charge in [-0.25, -0.2) is 9.97 Å². The fraction of sp³-hybridized carbons (Fsp3) is 0.0800. The fourth-order valence-corrected chi connectivity index (χ4v) is 4.56. The molecule has 6 N–H and O–H groups in total. The van der Waals surface area contributed by atoms with E-state index >= 15 is 0 Å². The van der Waals surface area contributed by atoms with Gasteiger partial charge < -0.3 is 26.2 Å². The largest absolute Gasteiger partial charge is 0.449 e. The van der Waals surface area contributed by atoms with Gasteiger partial charge in [-0.3, -0.25) is 14.4 Å². The molecule has 5 aromatic rings. The van der Waals surface area contributed by atoms with Crippen LogP contribution in [0, 0.1) is 0 Å². The van der Waals surface area contributed by atoms with E-state index in [1.165, 1.54) is 18.3 Å². The SMILES string of the molecule is NCCc1cc(C(N)=O)cnc1C(=O)Nc1ccc(-c2nc3c(oc4ccc(Br)cc43)c(=O)[nH]2)c(Cl)c1. The lowest BCUT2D eigenvalue weighted by atomic mass is 10.1. The number of aromatic nitrogens is 3. The average molecular weight is 582 g/mol. The Hall–Kier alpha value is -4.06. The van der Waals surface area contributed by atoms with Gasteiger partial charge in [0, 0.05) is 27.3 Å². The molecular weight excluding hydrogens is 564 g/mol. The monoisotopic (exact) mass is 580 g/mol. The van der Waals surface area contributed by atoms with Crippen molar-refractivity contribution in [1.82, 2.24) is 15.0 Å². The molecule has 0 fully saturated rings. The number of rotatable bonds is 6. The van der Waals surface area contributed by atoms with Crippen molar-refractivity contribution in [3.05, 3.63) is 85.3 Å². The zero-order valence-corrected chi connectivity index (χ0v) is 21.3. The fourth-order valence-electron chi connectivity index (χ4n) is 3.92. The number of hydrogen-bond donors (Lipinski definition) is 4. The van der Waals surface area contributed by atoms with Gasteiger partial charge in [0.2, 0.25) is 11.5 Å². The summed E-state index contributed by atoms with van der Waals surface area (Å²) in [7, 11) is 0. The summed E-state index contributed by atoms with van der Waals surface area (Å²) in [6.07, 6.45) is 1.57. The molecule has 0 radical (unpaired) electrons. The minimum absolute atomic E-state index is 0.111. The van der Waals surface area contributed by atoms with Crippen molar-refractivity contribution < 1.29 is 14.0 Å². The van der Waals surface area contributed by atoms with Crippen LogP contribution < -0.4 is 22.3 Å². The Morgan fingerprint density at radius 1 is 1.16 bits per heavy atom. The van der Waals surface area contributed by atoms with Crippen molar-refractivity contribution in [3.63, 3.8) is 0 Å². The highest BCUT2D eigenvalue weighted by Crippen LogP contribution is 2.32. The number of hydrogen-bond acceptors (Lipinski definition) is 7. The molecule has 12 heteroatoms. The first kappa shape index (κ1) is 24.6. The molecular formula is C25H18BrClN6O4. The van der Waals surface area contributed by atoms with Crippen LogP contribution in [0.25, 0.3) is 33.5 Å². The Balaban J connectivity index is 1.47. The standard InChI is InChI=1S/C25H18BrClN6O4/c26-13-1-4-18-16(8-13)20-21(37-18)25(36)33-23(32-20)15-3-2-14(9-17(15)27)31-24(35)19-11(5-6-28)7-12(10-30-19)22(29)34/h1-4,7-10H,5-6,28H2,(H2,29,34)(H,31,35)(H,32,33,36). The summed E-state index contributed by atoms with van der Waals surface area (Å²) in [5.41, 5.74) is 13.2. The third-order valence-corrected chi connectivity index (χ3v) is 6.45. The number of amides is 2. The molecule has 0 unspecified atom stereocenters. The number of primary amides is 1. The number of aromatic amines is 1. The average Bonchev–Trinajstić information content (AvgIpc) is 3.22. The van der Waals surface area contributed by atoms with E-state index in [9.17, 15) is 14.4 Å². The van der Waals surface area contributed by atoms with E-state index in [1.54, 1.807) is 18.2 Å². The van der Waals surface area contributed by atoms with Gasteiger partial charge in [-0.2, -0.15) is 0 Å². The van der Waals surface area contributed by atoms with Crippen LogP contribution in [0.3, 0.4) is 0 Å². The number of pyridine rings is 1. The van der Waals surface area contributed by atoms with E-state index < -0.39 is 17.4 Å². The summed E-state index contributed by atoms with van der Waals surface area (Å²) in [5.74, 6) is -0.912. The Labute approximate surface area is 222 Å². The number of furan rings is 1. The number of nitrogens with zero attached hydrogens (tertiary/aromatic N) is 2. The molecule has 0 aliphatic rings. The van der Waals surface area contributed by atoms with Gasteiger partial charge in [0.15, 0.2) is 0 Å². The van der Waals surface area contributed by atoms with Crippen LogP contribution in [0.15, 0.2) is 62.3 Å². The number of fused-ring (bicyclic) bond motifs is 3. The van der Waals surface area contributed by atoms with Crippen molar-refractivity contribution in [2.24, 2.45) is 11.5 Å². The molecule has 0 aliphatic heterocycles. The van der Waals surface area contributed by atoms with Gasteiger partial charge in [0.25, 0.3) is 11.5 Å². The Kier molecular flexibility index (Phi) is 6.50. The number of benzene rings is 2. The van der Waals surface area contributed by atoms with Gasteiger partial charge in [-0.15, -0.1) is 0 Å². The molecule has 2 aromatic carbocycles. The lowest BCUT2D eigenvalue weighted by Gasteiger charge is -2.11. The van der Waals surface area contributed by atoms with Crippen molar-refractivity contribution in [2.75, 3.05) is 11.9 Å². The second-order valence-electron chi connectivity index (χ2n) is 8.12. The van der Waals surface area contributed by atoms with Crippen molar-refractivity contribution in [1.29, 1.82) is 0 Å². The first-order chi connectivity index (χ1) is 17.7. The molecule has 2 amide bonds. The van der Waals surface area contributed by atoms with Crippen LogP contribution in [0.4, 0.5) is 5.69 Å². The number of anilines is 1. The third kappa shape index (κ3) is 4.71. The molecule has 0 atom stereocenters. The predicted octanol–water partition coefficient (Wildman–Crippen LogP) is 4.00. The smallest absolute Gasteiger partial charge is 0.294 e. The molecule has 0 saturated carbocycles. The lowest BCUT2D eigenvalue weighted by Crippen LogP contribution is -2.20. The highest BCUT2D eigenvalue weighted by molar-refractivity contribution is 9.10. The van der Waals surface area contributed by atoms with Crippen molar-refractivity contribution in [2.45, 2.75) is 6.42 Å². The van der Waals surface area contributed by atoms with Gasteiger partial charge in [-0.1, -0.05) is 27.5 Å². The quantitative estimate of drug-likeness (QED) is 0.235. The van der Waals surface area contributed by atoms with Gasteiger partial charge >= 0.3 is 0 Å². The van der Waals surface area contributed by atoms with Crippen molar-refractivity contribution in [3.8, 4) is 11.4 Å². The number of nitrogens with one attached hydrogen (secondary N) is 2. The molecule has 0 bridgehead atoms. The lowest BCUT2D eigenvalue weighted by molar-refractivity contribution is 0.0992. The number of halogens is 2. The predicted molar refractivity (Wildman–Crippen MR) is 144 cm³/mol. The summed E-state index contributed by atoms with van der Waals surface area (Å²) in [6, 6.07) is 11.7. The number of carbonyl (C=O) groups is 2.